The van der Waals surface area contributed by atoms with E-state index in [0.29, 0.717) is 22.6 Å². The van der Waals surface area contributed by atoms with Gasteiger partial charge in [0.2, 0.25) is 0 Å². The molecule has 25 heavy (non-hydrogen) atoms. The van der Waals surface area contributed by atoms with Crippen LogP contribution in [0.25, 0.3) is 0 Å². The van der Waals surface area contributed by atoms with E-state index in [1.54, 1.807) is 18.5 Å². The molecule has 2 aromatic rings. The molecule has 0 aromatic carbocycles. The zero-order valence-electron chi connectivity index (χ0n) is 13.9. The van der Waals surface area contributed by atoms with Crippen LogP contribution in [-0.4, -0.2) is 51.1 Å². The van der Waals surface area contributed by atoms with Crippen LogP contribution in [0.5, 0.6) is 0 Å². The molecule has 0 saturated carbocycles. The van der Waals surface area contributed by atoms with Crippen molar-refractivity contribution in [1.82, 2.24) is 19.9 Å². The molecule has 0 radical (unpaired) electrons. The standard InChI is InChI=1S/C17H20N4O3S/c22-14(21-9-1-4-17(6-10-21)5-2-11-24-17)13-12-23-16(20-13)25-15-18-7-3-8-19-15/h3,7-8,12H,1-2,4-6,9-11H2. The minimum Gasteiger partial charge on any atom is -0.439 e. The Bertz CT molecular complexity index is 731. The lowest BCUT2D eigenvalue weighted by Gasteiger charge is -2.26. The highest BCUT2D eigenvalue weighted by molar-refractivity contribution is 7.98. The van der Waals surface area contributed by atoms with Crippen LogP contribution in [0.1, 0.15) is 42.6 Å². The number of carbonyl (C=O) groups is 1. The molecular weight excluding hydrogens is 340 g/mol. The normalized spacial score (nSPS) is 23.8. The summed E-state index contributed by atoms with van der Waals surface area (Å²) < 4.78 is 11.4. The molecule has 2 aromatic heterocycles. The number of rotatable bonds is 3. The fraction of sp³-hybridized carbons (Fsp3) is 0.529. The Kier molecular flexibility index (Phi) is 4.72. The minimum absolute atomic E-state index is 0.00941. The van der Waals surface area contributed by atoms with Crippen LogP contribution in [0.15, 0.2) is 39.5 Å². The molecule has 4 rings (SSSR count). The van der Waals surface area contributed by atoms with E-state index >= 15 is 0 Å². The van der Waals surface area contributed by atoms with Crippen molar-refractivity contribution in [3.8, 4) is 0 Å². The number of hydrogen-bond donors (Lipinski definition) is 0. The molecule has 0 bridgehead atoms. The number of oxazole rings is 1. The second-order valence-corrected chi connectivity index (χ2v) is 7.33. The Morgan fingerprint density at radius 1 is 1.16 bits per heavy atom. The Balaban J connectivity index is 1.41. The van der Waals surface area contributed by atoms with Crippen LogP contribution in [0, 0.1) is 0 Å². The van der Waals surface area contributed by atoms with Crippen molar-refractivity contribution < 1.29 is 13.9 Å². The Morgan fingerprint density at radius 3 is 2.80 bits per heavy atom. The SMILES string of the molecule is O=C(c1coc(Sc2ncccn2)n1)N1CCCC2(CCCO2)CC1. The quantitative estimate of drug-likeness (QED) is 0.779. The van der Waals surface area contributed by atoms with Crippen molar-refractivity contribution in [2.24, 2.45) is 0 Å². The number of aromatic nitrogens is 3. The molecule has 2 aliphatic heterocycles. The average molecular weight is 360 g/mol. The molecule has 0 N–H and O–H groups in total. The summed E-state index contributed by atoms with van der Waals surface area (Å²) >= 11 is 1.20. The number of carbonyl (C=O) groups excluding carboxylic acids is 1. The van der Waals surface area contributed by atoms with Crippen molar-refractivity contribution in [3.05, 3.63) is 30.4 Å². The van der Waals surface area contributed by atoms with Crippen LogP contribution in [0.3, 0.4) is 0 Å². The molecule has 7 nitrogen and oxygen atoms in total. The van der Waals surface area contributed by atoms with Crippen molar-refractivity contribution in [2.75, 3.05) is 19.7 Å². The first-order valence-corrected chi connectivity index (χ1v) is 9.39. The summed E-state index contributed by atoms with van der Waals surface area (Å²) in [6, 6.07) is 1.74. The van der Waals surface area contributed by atoms with Crippen LogP contribution < -0.4 is 0 Å². The highest BCUT2D eigenvalue weighted by Gasteiger charge is 2.37. The highest BCUT2D eigenvalue weighted by Crippen LogP contribution is 2.36. The monoisotopic (exact) mass is 360 g/mol. The molecule has 4 heterocycles. The van der Waals surface area contributed by atoms with Crippen LogP contribution in [-0.2, 0) is 4.74 Å². The van der Waals surface area contributed by atoms with E-state index in [1.807, 2.05) is 4.90 Å². The first-order valence-electron chi connectivity index (χ1n) is 8.58. The molecule has 2 aliphatic rings. The molecule has 1 unspecified atom stereocenters. The highest BCUT2D eigenvalue weighted by atomic mass is 32.2. The van der Waals surface area contributed by atoms with Crippen LogP contribution in [0.4, 0.5) is 0 Å². The van der Waals surface area contributed by atoms with Gasteiger partial charge in [-0.15, -0.1) is 0 Å². The van der Waals surface area contributed by atoms with E-state index in [9.17, 15) is 4.79 Å². The lowest BCUT2D eigenvalue weighted by molar-refractivity contribution is -0.00693. The molecule has 2 saturated heterocycles. The summed E-state index contributed by atoms with van der Waals surface area (Å²) in [5, 5.41) is 0.915. The van der Waals surface area contributed by atoms with E-state index in [4.69, 9.17) is 9.15 Å². The summed E-state index contributed by atoms with van der Waals surface area (Å²) in [5.74, 6) is -0.0837. The van der Waals surface area contributed by atoms with Gasteiger partial charge in [0.05, 0.1) is 5.60 Å². The van der Waals surface area contributed by atoms with Gasteiger partial charge >= 0.3 is 0 Å². The predicted octanol–water partition coefficient (Wildman–Crippen LogP) is 2.79. The molecule has 1 amide bonds. The number of ether oxygens (including phenoxy) is 1. The van der Waals surface area contributed by atoms with Gasteiger partial charge in [-0.3, -0.25) is 4.79 Å². The van der Waals surface area contributed by atoms with E-state index in [-0.39, 0.29) is 11.5 Å². The van der Waals surface area contributed by atoms with E-state index in [1.165, 1.54) is 18.0 Å². The molecule has 8 heteroatoms. The van der Waals surface area contributed by atoms with Gasteiger partial charge < -0.3 is 14.1 Å². The molecular formula is C17H20N4O3S. The molecule has 1 atom stereocenters. The zero-order chi connectivity index (χ0) is 17.1. The maximum absolute atomic E-state index is 12.7. The molecule has 0 aliphatic carbocycles. The third-order valence-corrected chi connectivity index (χ3v) is 5.55. The predicted molar refractivity (Wildman–Crippen MR) is 90.3 cm³/mol. The summed E-state index contributed by atoms with van der Waals surface area (Å²) in [6.07, 6.45) is 9.85. The maximum Gasteiger partial charge on any atom is 0.275 e. The fourth-order valence-corrected chi connectivity index (χ4v) is 4.12. The Hall–Kier alpha value is -1.93. The van der Waals surface area contributed by atoms with Gasteiger partial charge in [-0.1, -0.05) is 0 Å². The van der Waals surface area contributed by atoms with E-state index in [0.717, 1.165) is 45.3 Å². The van der Waals surface area contributed by atoms with E-state index in [2.05, 4.69) is 15.0 Å². The number of likely N-dealkylation sites (tertiary alicyclic amines) is 1. The molecule has 2 fully saturated rings. The van der Waals surface area contributed by atoms with Crippen molar-refractivity contribution in [2.45, 2.75) is 48.1 Å². The summed E-state index contributed by atoms with van der Waals surface area (Å²) in [7, 11) is 0. The lowest BCUT2D eigenvalue weighted by atomic mass is 9.92. The number of amides is 1. The van der Waals surface area contributed by atoms with Gasteiger partial charge in [-0.05, 0) is 38.2 Å². The molecule has 132 valence electrons. The van der Waals surface area contributed by atoms with Crippen LogP contribution in [0.2, 0.25) is 0 Å². The minimum atomic E-state index is -0.0837. The van der Waals surface area contributed by atoms with Crippen molar-refractivity contribution in [3.63, 3.8) is 0 Å². The number of hydrogen-bond acceptors (Lipinski definition) is 7. The van der Waals surface area contributed by atoms with Gasteiger partial charge in [-0.25, -0.2) is 9.97 Å². The van der Waals surface area contributed by atoms with Crippen molar-refractivity contribution in [1.29, 1.82) is 0 Å². The third kappa shape index (κ3) is 3.69. The first kappa shape index (κ1) is 16.5. The van der Waals surface area contributed by atoms with Crippen LogP contribution >= 0.6 is 11.8 Å². The lowest BCUT2D eigenvalue weighted by Crippen LogP contribution is -2.34. The first-order chi connectivity index (χ1) is 12.2. The topological polar surface area (TPSA) is 81.3 Å². The van der Waals surface area contributed by atoms with Gasteiger partial charge in [0.15, 0.2) is 10.9 Å². The molecule has 1 spiro atoms. The van der Waals surface area contributed by atoms with Gasteiger partial charge in [-0.2, -0.15) is 4.98 Å². The zero-order valence-corrected chi connectivity index (χ0v) is 14.7. The van der Waals surface area contributed by atoms with Gasteiger partial charge in [0, 0.05) is 43.9 Å². The fourth-order valence-electron chi connectivity index (χ4n) is 3.50. The smallest absolute Gasteiger partial charge is 0.275 e. The Labute approximate surface area is 150 Å². The maximum atomic E-state index is 12.7. The second-order valence-electron chi connectivity index (χ2n) is 6.41. The summed E-state index contributed by atoms with van der Waals surface area (Å²) in [4.78, 5) is 27.1. The van der Waals surface area contributed by atoms with Gasteiger partial charge in [0.25, 0.3) is 11.1 Å². The Morgan fingerprint density at radius 2 is 2.00 bits per heavy atom. The second kappa shape index (κ2) is 7.13. The largest absolute Gasteiger partial charge is 0.439 e. The van der Waals surface area contributed by atoms with E-state index < -0.39 is 0 Å². The third-order valence-electron chi connectivity index (χ3n) is 4.79. The summed E-state index contributed by atoms with van der Waals surface area (Å²) in [6.45, 7) is 2.29. The average Bonchev–Trinajstić information content (AvgIpc) is 3.23. The summed E-state index contributed by atoms with van der Waals surface area (Å²) in [5.41, 5.74) is 0.326. The number of nitrogens with zero attached hydrogens (tertiary/aromatic N) is 4. The van der Waals surface area contributed by atoms with Gasteiger partial charge in [0.1, 0.15) is 6.26 Å². The van der Waals surface area contributed by atoms with Crippen molar-refractivity contribution >= 4 is 17.7 Å².